The van der Waals surface area contributed by atoms with Gasteiger partial charge in [-0.1, -0.05) is 58.0 Å². The molecule has 0 aliphatic heterocycles. The molecule has 0 saturated heterocycles. The third kappa shape index (κ3) is 8.19. The van der Waals surface area contributed by atoms with Crippen LogP contribution in [-0.4, -0.2) is 35.9 Å². The van der Waals surface area contributed by atoms with Crippen LogP contribution in [0.1, 0.15) is 66.4 Å². The Labute approximate surface area is 188 Å². The zero-order valence-electron chi connectivity index (χ0n) is 20.2. The Balaban J connectivity index is 1.77. The summed E-state index contributed by atoms with van der Waals surface area (Å²) in [4.78, 5) is 18.5. The van der Waals surface area contributed by atoms with Gasteiger partial charge in [0.15, 0.2) is 0 Å². The van der Waals surface area contributed by atoms with E-state index in [1.165, 1.54) is 0 Å². The molecule has 176 valence electrons. The van der Waals surface area contributed by atoms with E-state index in [0.717, 1.165) is 24.8 Å². The molecular formula is C25H43N3O3. The van der Waals surface area contributed by atoms with Crippen LogP contribution in [0.4, 0.5) is 0 Å². The molecule has 6 heteroatoms. The van der Waals surface area contributed by atoms with Crippen molar-refractivity contribution < 1.29 is 14.7 Å². The molecular weight excluding hydrogens is 390 g/mol. The predicted molar refractivity (Wildman–Crippen MR) is 125 cm³/mol. The first-order valence-corrected chi connectivity index (χ1v) is 11.7. The zero-order valence-corrected chi connectivity index (χ0v) is 20.2. The maximum absolute atomic E-state index is 12.7. The SMILES string of the molecule is CC(C)CC(NOCC1CC(CC(C)O)C1(C)C)NC(=O)C(C)NCc1ccccc1. The summed E-state index contributed by atoms with van der Waals surface area (Å²) in [5, 5.41) is 16.0. The second kappa shape index (κ2) is 12.0. The van der Waals surface area contributed by atoms with Crippen LogP contribution in [0.25, 0.3) is 0 Å². The minimum atomic E-state index is -0.302. The average Bonchev–Trinajstić information content (AvgIpc) is 2.70. The Hall–Kier alpha value is -1.47. The molecule has 1 aromatic carbocycles. The van der Waals surface area contributed by atoms with Crippen molar-refractivity contribution in [3.63, 3.8) is 0 Å². The van der Waals surface area contributed by atoms with E-state index in [1.54, 1.807) is 0 Å². The normalized spacial score (nSPS) is 23.1. The van der Waals surface area contributed by atoms with E-state index >= 15 is 0 Å². The maximum Gasteiger partial charge on any atom is 0.238 e. The fraction of sp³-hybridized carbons (Fsp3) is 0.720. The Morgan fingerprint density at radius 1 is 1.16 bits per heavy atom. The van der Waals surface area contributed by atoms with Crippen molar-refractivity contribution in [1.29, 1.82) is 0 Å². The van der Waals surface area contributed by atoms with E-state index in [4.69, 9.17) is 4.84 Å². The van der Waals surface area contributed by atoms with Crippen LogP contribution in [0, 0.1) is 23.2 Å². The van der Waals surface area contributed by atoms with Crippen LogP contribution in [0.5, 0.6) is 0 Å². The smallest absolute Gasteiger partial charge is 0.238 e. The first kappa shape index (κ1) is 25.8. The van der Waals surface area contributed by atoms with Crippen molar-refractivity contribution in [3.05, 3.63) is 35.9 Å². The van der Waals surface area contributed by atoms with E-state index in [9.17, 15) is 9.90 Å². The number of nitrogens with one attached hydrogen (secondary N) is 3. The lowest BCUT2D eigenvalue weighted by molar-refractivity contribution is -0.130. The van der Waals surface area contributed by atoms with Gasteiger partial charge in [-0.25, -0.2) is 0 Å². The summed E-state index contributed by atoms with van der Waals surface area (Å²) in [5.74, 6) is 1.36. The van der Waals surface area contributed by atoms with E-state index in [2.05, 4.69) is 43.8 Å². The molecule has 0 spiro atoms. The van der Waals surface area contributed by atoms with Gasteiger partial charge in [0.1, 0.15) is 6.17 Å². The van der Waals surface area contributed by atoms with Crippen molar-refractivity contribution in [2.75, 3.05) is 6.61 Å². The highest BCUT2D eigenvalue weighted by Gasteiger charge is 2.48. The van der Waals surface area contributed by atoms with Crippen LogP contribution in [0.2, 0.25) is 0 Å². The van der Waals surface area contributed by atoms with Gasteiger partial charge in [0.2, 0.25) is 5.91 Å². The summed E-state index contributed by atoms with van der Waals surface area (Å²) in [6, 6.07) is 9.77. The molecule has 1 aliphatic rings. The minimum absolute atomic E-state index is 0.0429. The van der Waals surface area contributed by atoms with Gasteiger partial charge in [0, 0.05) is 6.54 Å². The number of benzene rings is 1. The van der Waals surface area contributed by atoms with Crippen molar-refractivity contribution in [3.8, 4) is 0 Å². The highest BCUT2D eigenvalue weighted by atomic mass is 16.6. The topological polar surface area (TPSA) is 82.6 Å². The van der Waals surface area contributed by atoms with Crippen LogP contribution < -0.4 is 16.1 Å². The fourth-order valence-corrected chi connectivity index (χ4v) is 4.33. The first-order valence-electron chi connectivity index (χ1n) is 11.7. The highest BCUT2D eigenvalue weighted by Crippen LogP contribution is 2.53. The summed E-state index contributed by atoms with van der Waals surface area (Å²) >= 11 is 0. The number of aliphatic hydroxyl groups is 1. The molecule has 1 saturated carbocycles. The molecule has 1 aromatic rings. The molecule has 5 unspecified atom stereocenters. The number of amides is 1. The minimum Gasteiger partial charge on any atom is -0.393 e. The molecule has 31 heavy (non-hydrogen) atoms. The van der Waals surface area contributed by atoms with E-state index in [1.807, 2.05) is 44.2 Å². The van der Waals surface area contributed by atoms with Crippen LogP contribution >= 0.6 is 0 Å². The third-order valence-electron chi connectivity index (χ3n) is 6.68. The summed E-state index contributed by atoms with van der Waals surface area (Å²) in [6.07, 6.45) is 2.21. The van der Waals surface area contributed by atoms with E-state index in [-0.39, 0.29) is 29.6 Å². The van der Waals surface area contributed by atoms with Crippen molar-refractivity contribution in [2.45, 2.75) is 85.7 Å². The molecule has 0 radical (unpaired) electrons. The molecule has 5 atom stereocenters. The average molecular weight is 434 g/mol. The molecule has 6 nitrogen and oxygen atoms in total. The van der Waals surface area contributed by atoms with Crippen molar-refractivity contribution >= 4 is 5.91 Å². The lowest BCUT2D eigenvalue weighted by Gasteiger charge is -2.52. The molecule has 2 rings (SSSR count). The third-order valence-corrected chi connectivity index (χ3v) is 6.68. The second-order valence-corrected chi connectivity index (χ2v) is 10.2. The Morgan fingerprint density at radius 2 is 1.84 bits per heavy atom. The Morgan fingerprint density at radius 3 is 2.42 bits per heavy atom. The van der Waals surface area contributed by atoms with Crippen molar-refractivity contribution in [1.82, 2.24) is 16.1 Å². The first-order chi connectivity index (χ1) is 14.6. The second-order valence-electron chi connectivity index (χ2n) is 10.2. The number of carbonyl (C=O) groups excluding carboxylic acids is 1. The van der Waals surface area contributed by atoms with Crippen molar-refractivity contribution in [2.24, 2.45) is 23.2 Å². The molecule has 1 aliphatic carbocycles. The van der Waals surface area contributed by atoms with Gasteiger partial charge in [0.25, 0.3) is 0 Å². The van der Waals surface area contributed by atoms with Crippen LogP contribution in [-0.2, 0) is 16.2 Å². The van der Waals surface area contributed by atoms with Gasteiger partial charge in [-0.2, -0.15) is 5.48 Å². The zero-order chi connectivity index (χ0) is 23.0. The van der Waals surface area contributed by atoms with E-state index < -0.39 is 0 Å². The summed E-state index contributed by atoms with van der Waals surface area (Å²) in [5.41, 5.74) is 4.40. The maximum atomic E-state index is 12.7. The molecule has 0 heterocycles. The lowest BCUT2D eigenvalue weighted by Crippen LogP contribution is -2.53. The number of hydrogen-bond donors (Lipinski definition) is 4. The van der Waals surface area contributed by atoms with Gasteiger partial charge in [-0.3, -0.25) is 9.63 Å². The number of aliphatic hydroxyl groups excluding tert-OH is 1. The quantitative estimate of drug-likeness (QED) is 0.282. The molecule has 4 N–H and O–H groups in total. The highest BCUT2D eigenvalue weighted by molar-refractivity contribution is 5.81. The van der Waals surface area contributed by atoms with Crippen LogP contribution in [0.15, 0.2) is 30.3 Å². The van der Waals surface area contributed by atoms with Gasteiger partial charge < -0.3 is 15.7 Å². The fourth-order valence-electron chi connectivity index (χ4n) is 4.33. The Bertz CT molecular complexity index is 663. The monoisotopic (exact) mass is 433 g/mol. The standard InChI is InChI=1S/C25H43N3O3/c1-17(2)12-23(27-24(30)19(4)26-15-20-10-8-7-9-11-20)28-31-16-22-14-21(13-18(3)29)25(22,5)6/h7-11,17-19,21-23,26,28-29H,12-16H2,1-6H3,(H,27,30). The molecule has 0 aromatic heterocycles. The Kier molecular flexibility index (Phi) is 9.94. The molecule has 1 amide bonds. The van der Waals surface area contributed by atoms with Gasteiger partial charge in [-0.15, -0.1) is 0 Å². The lowest BCUT2D eigenvalue weighted by atomic mass is 9.54. The van der Waals surface area contributed by atoms with Crippen LogP contribution in [0.3, 0.4) is 0 Å². The largest absolute Gasteiger partial charge is 0.393 e. The number of rotatable bonds is 13. The van der Waals surface area contributed by atoms with Gasteiger partial charge >= 0.3 is 0 Å². The summed E-state index contributed by atoms with van der Waals surface area (Å²) in [6.45, 7) is 13.8. The molecule has 0 bridgehead atoms. The summed E-state index contributed by atoms with van der Waals surface area (Å²) < 4.78 is 0. The summed E-state index contributed by atoms with van der Waals surface area (Å²) in [7, 11) is 0. The van der Waals surface area contributed by atoms with Gasteiger partial charge in [0.05, 0.1) is 18.8 Å². The molecule has 1 fully saturated rings. The number of hydrogen-bond acceptors (Lipinski definition) is 5. The number of hydroxylamine groups is 1. The predicted octanol–water partition coefficient (Wildman–Crippen LogP) is 3.61. The van der Waals surface area contributed by atoms with E-state index in [0.29, 0.717) is 30.9 Å². The van der Waals surface area contributed by atoms with Gasteiger partial charge in [-0.05, 0) is 61.8 Å². The number of carbonyl (C=O) groups is 1.